The smallest absolute Gasteiger partial charge is 0.254 e. The quantitative estimate of drug-likeness (QED) is 0.724. The standard InChI is InChI=1S/C20H22N4O2/c1-4-14-5-6-18-16(10-14)17(9-12(2)21-18)20(25)24-8-7-15(11-24)19-22-13(3)23-26-19/h5-6,9-10,15H,4,7-8,11H2,1-3H3/t15-/m0/s1. The van der Waals surface area contributed by atoms with E-state index in [1.54, 1.807) is 0 Å². The minimum atomic E-state index is 0.0486. The van der Waals surface area contributed by atoms with Crippen molar-refractivity contribution in [1.82, 2.24) is 20.0 Å². The molecule has 1 amide bonds. The summed E-state index contributed by atoms with van der Waals surface area (Å²) in [7, 11) is 0. The van der Waals surface area contributed by atoms with Gasteiger partial charge in [-0.15, -0.1) is 0 Å². The molecule has 4 rings (SSSR count). The van der Waals surface area contributed by atoms with Crippen molar-refractivity contribution in [3.63, 3.8) is 0 Å². The Hall–Kier alpha value is -2.76. The third-order valence-corrected chi connectivity index (χ3v) is 5.01. The van der Waals surface area contributed by atoms with E-state index in [0.29, 0.717) is 24.8 Å². The van der Waals surface area contributed by atoms with Crippen molar-refractivity contribution < 1.29 is 9.32 Å². The molecule has 3 aromatic rings. The van der Waals surface area contributed by atoms with Crippen LogP contribution in [-0.2, 0) is 6.42 Å². The molecule has 0 unspecified atom stereocenters. The van der Waals surface area contributed by atoms with Crippen LogP contribution < -0.4 is 0 Å². The van der Waals surface area contributed by atoms with Crippen molar-refractivity contribution >= 4 is 16.8 Å². The predicted molar refractivity (Wildman–Crippen MR) is 98.2 cm³/mol. The SMILES string of the molecule is CCc1ccc2nc(C)cc(C(=O)N3CC[C@H](c4nc(C)no4)C3)c2c1. The number of hydrogen-bond donors (Lipinski definition) is 0. The Labute approximate surface area is 152 Å². The molecule has 1 saturated heterocycles. The Morgan fingerprint density at radius 2 is 2.12 bits per heavy atom. The highest BCUT2D eigenvalue weighted by atomic mass is 16.5. The van der Waals surface area contributed by atoms with Crippen LogP contribution in [0, 0.1) is 13.8 Å². The van der Waals surface area contributed by atoms with Gasteiger partial charge in [-0.3, -0.25) is 9.78 Å². The molecule has 0 aliphatic carbocycles. The molecule has 1 aliphatic rings. The lowest BCUT2D eigenvalue weighted by atomic mass is 10.0. The summed E-state index contributed by atoms with van der Waals surface area (Å²) in [5.74, 6) is 1.42. The average Bonchev–Trinajstić information content (AvgIpc) is 3.29. The van der Waals surface area contributed by atoms with Crippen LogP contribution in [0.3, 0.4) is 0 Å². The minimum Gasteiger partial charge on any atom is -0.339 e. The van der Waals surface area contributed by atoms with Gasteiger partial charge in [0.25, 0.3) is 5.91 Å². The Morgan fingerprint density at radius 1 is 1.27 bits per heavy atom. The molecule has 3 heterocycles. The van der Waals surface area contributed by atoms with Crippen molar-refractivity contribution in [3.8, 4) is 0 Å². The number of fused-ring (bicyclic) bond motifs is 1. The molecule has 0 spiro atoms. The number of rotatable bonds is 3. The molecule has 1 aliphatic heterocycles. The summed E-state index contributed by atoms with van der Waals surface area (Å²) in [5.41, 5.74) is 3.66. The zero-order chi connectivity index (χ0) is 18.3. The third kappa shape index (κ3) is 2.96. The highest BCUT2D eigenvalue weighted by Gasteiger charge is 2.32. The van der Waals surface area contributed by atoms with E-state index in [4.69, 9.17) is 4.52 Å². The number of nitrogens with zero attached hydrogens (tertiary/aromatic N) is 4. The lowest BCUT2D eigenvalue weighted by Crippen LogP contribution is -2.28. The zero-order valence-corrected chi connectivity index (χ0v) is 15.3. The first-order chi connectivity index (χ1) is 12.5. The second-order valence-corrected chi connectivity index (χ2v) is 6.93. The fourth-order valence-corrected chi connectivity index (χ4v) is 3.60. The number of carbonyl (C=O) groups is 1. The highest BCUT2D eigenvalue weighted by molar-refractivity contribution is 6.06. The molecule has 134 valence electrons. The summed E-state index contributed by atoms with van der Waals surface area (Å²) in [5, 5.41) is 4.79. The summed E-state index contributed by atoms with van der Waals surface area (Å²) in [6.45, 7) is 7.15. The van der Waals surface area contributed by atoms with Crippen LogP contribution in [0.5, 0.6) is 0 Å². The molecule has 0 radical (unpaired) electrons. The van der Waals surface area contributed by atoms with Gasteiger partial charge in [-0.2, -0.15) is 4.98 Å². The van der Waals surface area contributed by atoms with Crippen molar-refractivity contribution in [2.24, 2.45) is 0 Å². The van der Waals surface area contributed by atoms with E-state index in [1.165, 1.54) is 5.56 Å². The van der Waals surface area contributed by atoms with Crippen LogP contribution in [0.2, 0.25) is 0 Å². The van der Waals surface area contributed by atoms with Crippen molar-refractivity contribution in [3.05, 3.63) is 52.8 Å². The monoisotopic (exact) mass is 350 g/mol. The minimum absolute atomic E-state index is 0.0486. The van der Waals surface area contributed by atoms with Gasteiger partial charge in [0.05, 0.1) is 17.0 Å². The number of benzene rings is 1. The van der Waals surface area contributed by atoms with Crippen LogP contribution in [0.4, 0.5) is 0 Å². The molecule has 0 N–H and O–H groups in total. The second kappa shape index (κ2) is 6.52. The van der Waals surface area contributed by atoms with Crippen LogP contribution in [-0.4, -0.2) is 39.0 Å². The fourth-order valence-electron chi connectivity index (χ4n) is 3.60. The number of aromatic nitrogens is 3. The molecular weight excluding hydrogens is 328 g/mol. The number of amides is 1. The molecular formula is C20H22N4O2. The maximum absolute atomic E-state index is 13.2. The van der Waals surface area contributed by atoms with Gasteiger partial charge in [0.15, 0.2) is 5.82 Å². The second-order valence-electron chi connectivity index (χ2n) is 6.93. The summed E-state index contributed by atoms with van der Waals surface area (Å²) < 4.78 is 5.29. The molecule has 0 saturated carbocycles. The van der Waals surface area contributed by atoms with Crippen molar-refractivity contribution in [1.29, 1.82) is 0 Å². The summed E-state index contributed by atoms with van der Waals surface area (Å²) in [6, 6.07) is 8.07. The number of hydrogen-bond acceptors (Lipinski definition) is 5. The van der Waals surface area contributed by atoms with Crippen molar-refractivity contribution in [2.75, 3.05) is 13.1 Å². The Kier molecular flexibility index (Phi) is 4.18. The third-order valence-electron chi connectivity index (χ3n) is 5.01. The molecule has 1 fully saturated rings. The molecule has 1 aromatic carbocycles. The van der Waals surface area contributed by atoms with Crippen LogP contribution in [0.15, 0.2) is 28.8 Å². The first-order valence-corrected chi connectivity index (χ1v) is 9.05. The Morgan fingerprint density at radius 3 is 2.85 bits per heavy atom. The van der Waals surface area contributed by atoms with E-state index >= 15 is 0 Å². The van der Waals surface area contributed by atoms with E-state index in [1.807, 2.05) is 30.9 Å². The van der Waals surface area contributed by atoms with Gasteiger partial charge >= 0.3 is 0 Å². The van der Waals surface area contributed by atoms with E-state index in [2.05, 4.69) is 34.2 Å². The van der Waals surface area contributed by atoms with Crippen LogP contribution in [0.1, 0.15) is 52.6 Å². The van der Waals surface area contributed by atoms with E-state index in [9.17, 15) is 4.79 Å². The number of carbonyl (C=O) groups excluding carboxylic acids is 1. The normalized spacial score (nSPS) is 17.2. The largest absolute Gasteiger partial charge is 0.339 e. The lowest BCUT2D eigenvalue weighted by Gasteiger charge is -2.18. The highest BCUT2D eigenvalue weighted by Crippen LogP contribution is 2.29. The topological polar surface area (TPSA) is 72.1 Å². The van der Waals surface area contributed by atoms with Gasteiger partial charge < -0.3 is 9.42 Å². The summed E-state index contributed by atoms with van der Waals surface area (Å²) >= 11 is 0. The Balaban J connectivity index is 1.66. The van der Waals surface area contributed by atoms with Gasteiger partial charge in [0, 0.05) is 24.2 Å². The molecule has 6 heteroatoms. The number of likely N-dealkylation sites (tertiary alicyclic amines) is 1. The van der Waals surface area contributed by atoms with Gasteiger partial charge in [0.2, 0.25) is 5.89 Å². The Bertz CT molecular complexity index is 979. The van der Waals surface area contributed by atoms with E-state index < -0.39 is 0 Å². The first-order valence-electron chi connectivity index (χ1n) is 9.05. The number of aryl methyl sites for hydroxylation is 3. The molecule has 0 bridgehead atoms. The van der Waals surface area contributed by atoms with Gasteiger partial charge in [-0.25, -0.2) is 0 Å². The van der Waals surface area contributed by atoms with E-state index in [0.717, 1.165) is 35.0 Å². The van der Waals surface area contributed by atoms with Crippen LogP contribution in [0.25, 0.3) is 10.9 Å². The predicted octanol–water partition coefficient (Wildman–Crippen LogP) is 3.43. The average molecular weight is 350 g/mol. The van der Waals surface area contributed by atoms with E-state index in [-0.39, 0.29) is 11.8 Å². The summed E-state index contributed by atoms with van der Waals surface area (Å²) in [4.78, 5) is 24.0. The fraction of sp³-hybridized carbons (Fsp3) is 0.400. The van der Waals surface area contributed by atoms with Crippen molar-refractivity contribution in [2.45, 2.75) is 39.5 Å². The number of pyridine rings is 1. The molecule has 26 heavy (non-hydrogen) atoms. The van der Waals surface area contributed by atoms with Gasteiger partial charge in [0.1, 0.15) is 0 Å². The van der Waals surface area contributed by atoms with Crippen LogP contribution >= 0.6 is 0 Å². The molecule has 6 nitrogen and oxygen atoms in total. The molecule has 1 atom stereocenters. The van der Waals surface area contributed by atoms with Gasteiger partial charge in [-0.05, 0) is 50.5 Å². The lowest BCUT2D eigenvalue weighted by molar-refractivity contribution is 0.0791. The van der Waals surface area contributed by atoms with Gasteiger partial charge in [-0.1, -0.05) is 18.1 Å². The maximum atomic E-state index is 13.2. The maximum Gasteiger partial charge on any atom is 0.254 e. The molecule has 2 aromatic heterocycles. The zero-order valence-electron chi connectivity index (χ0n) is 15.3. The summed E-state index contributed by atoms with van der Waals surface area (Å²) in [6.07, 6.45) is 1.77. The first kappa shape index (κ1) is 16.7.